The molecular weight excluding hydrogens is 280 g/mol. The standard InChI is InChI=1S/C12H17Cl2NO.ClH/c1-4-16-12-10(13)5-9(6-11(12)14)7-15-8(2)3;/h5-6,8,15H,4,7H2,1-3H3;1H/p-1. The molecule has 0 saturated heterocycles. The largest absolute Gasteiger partial charge is 1.00 e. The average molecular weight is 298 g/mol. The second-order valence-corrected chi connectivity index (χ2v) is 4.67. The van der Waals surface area contributed by atoms with Crippen molar-refractivity contribution in [1.82, 2.24) is 5.32 Å². The second kappa shape index (κ2) is 8.04. The van der Waals surface area contributed by atoms with Crippen LogP contribution in [-0.2, 0) is 6.54 Å². The van der Waals surface area contributed by atoms with Crippen molar-refractivity contribution in [3.05, 3.63) is 27.7 Å². The normalized spacial score (nSPS) is 10.2. The third kappa shape index (κ3) is 5.35. The van der Waals surface area contributed by atoms with Crippen LogP contribution in [0.5, 0.6) is 5.75 Å². The number of hydrogen-bond donors (Lipinski definition) is 1. The molecule has 5 heteroatoms. The molecule has 0 aliphatic rings. The Morgan fingerprint density at radius 1 is 1.24 bits per heavy atom. The molecule has 0 radical (unpaired) electrons. The van der Waals surface area contributed by atoms with Crippen LogP contribution in [0, 0.1) is 0 Å². The van der Waals surface area contributed by atoms with Crippen molar-refractivity contribution in [3.8, 4) is 5.75 Å². The van der Waals surface area contributed by atoms with Gasteiger partial charge in [0, 0.05) is 12.6 Å². The highest BCUT2D eigenvalue weighted by molar-refractivity contribution is 6.37. The maximum Gasteiger partial charge on any atom is 0.156 e. The van der Waals surface area contributed by atoms with Crippen LogP contribution in [0.4, 0.5) is 0 Å². The van der Waals surface area contributed by atoms with Crippen LogP contribution in [0.15, 0.2) is 12.1 Å². The van der Waals surface area contributed by atoms with Gasteiger partial charge in [-0.05, 0) is 24.6 Å². The van der Waals surface area contributed by atoms with Crippen molar-refractivity contribution in [2.45, 2.75) is 33.4 Å². The summed E-state index contributed by atoms with van der Waals surface area (Å²) in [6.45, 7) is 7.41. The number of halogens is 3. The van der Waals surface area contributed by atoms with E-state index in [4.69, 9.17) is 27.9 Å². The fourth-order valence-electron chi connectivity index (χ4n) is 1.32. The van der Waals surface area contributed by atoms with E-state index in [0.29, 0.717) is 28.4 Å². The van der Waals surface area contributed by atoms with Gasteiger partial charge in [0.05, 0.1) is 16.7 Å². The Kier molecular flexibility index (Phi) is 7.97. The molecule has 1 N–H and O–H groups in total. The molecule has 2 nitrogen and oxygen atoms in total. The summed E-state index contributed by atoms with van der Waals surface area (Å²) in [6.07, 6.45) is 0. The van der Waals surface area contributed by atoms with Gasteiger partial charge >= 0.3 is 0 Å². The van der Waals surface area contributed by atoms with Gasteiger partial charge in [0.1, 0.15) is 0 Å². The molecule has 0 heterocycles. The van der Waals surface area contributed by atoms with Gasteiger partial charge in [-0.2, -0.15) is 0 Å². The third-order valence-corrected chi connectivity index (χ3v) is 2.62. The minimum absolute atomic E-state index is 0. The Labute approximate surface area is 119 Å². The van der Waals surface area contributed by atoms with Gasteiger partial charge in [-0.25, -0.2) is 0 Å². The Hall–Kier alpha value is -0.150. The molecule has 0 saturated carbocycles. The summed E-state index contributed by atoms with van der Waals surface area (Å²) in [6, 6.07) is 4.20. The average Bonchev–Trinajstić information content (AvgIpc) is 2.20. The molecule has 1 rings (SSSR count). The first-order valence-corrected chi connectivity index (χ1v) is 6.14. The monoisotopic (exact) mass is 296 g/mol. The molecule has 0 atom stereocenters. The van der Waals surface area contributed by atoms with E-state index in [1.165, 1.54) is 0 Å². The van der Waals surface area contributed by atoms with E-state index in [1.807, 2.05) is 19.1 Å². The van der Waals surface area contributed by atoms with E-state index < -0.39 is 0 Å². The first-order valence-electron chi connectivity index (χ1n) is 5.38. The molecule has 0 aliphatic carbocycles. The summed E-state index contributed by atoms with van der Waals surface area (Å²) >= 11 is 12.2. The predicted octanol–water partition coefficient (Wildman–Crippen LogP) is 0.894. The molecule has 0 unspecified atom stereocenters. The predicted molar refractivity (Wildman–Crippen MR) is 69.6 cm³/mol. The highest BCUT2D eigenvalue weighted by Gasteiger charge is 2.09. The van der Waals surface area contributed by atoms with Crippen molar-refractivity contribution < 1.29 is 17.1 Å². The molecule has 0 bridgehead atoms. The highest BCUT2D eigenvalue weighted by atomic mass is 35.5. The molecule has 1 aromatic carbocycles. The molecule has 0 aliphatic heterocycles. The zero-order chi connectivity index (χ0) is 12.1. The third-order valence-electron chi connectivity index (χ3n) is 2.06. The molecule has 0 fully saturated rings. The van der Waals surface area contributed by atoms with Gasteiger partial charge in [0.25, 0.3) is 0 Å². The Morgan fingerprint density at radius 2 is 1.76 bits per heavy atom. The number of ether oxygens (including phenoxy) is 1. The van der Waals surface area contributed by atoms with Gasteiger partial charge in [-0.15, -0.1) is 0 Å². The Balaban J connectivity index is 0.00000256. The van der Waals surface area contributed by atoms with Crippen LogP contribution in [0.2, 0.25) is 10.0 Å². The lowest BCUT2D eigenvalue weighted by molar-refractivity contribution is -0.00000393. The summed E-state index contributed by atoms with van der Waals surface area (Å²) in [5, 5.41) is 4.44. The summed E-state index contributed by atoms with van der Waals surface area (Å²) in [7, 11) is 0. The lowest BCUT2D eigenvalue weighted by Gasteiger charge is -2.12. The lowest BCUT2D eigenvalue weighted by atomic mass is 10.2. The fraction of sp³-hybridized carbons (Fsp3) is 0.500. The van der Waals surface area contributed by atoms with Crippen LogP contribution in [0.1, 0.15) is 26.3 Å². The zero-order valence-corrected chi connectivity index (χ0v) is 12.5. The number of benzene rings is 1. The molecule has 0 amide bonds. The van der Waals surface area contributed by atoms with Crippen LogP contribution >= 0.6 is 23.2 Å². The number of nitrogens with one attached hydrogen (secondary N) is 1. The minimum atomic E-state index is 0. The maximum absolute atomic E-state index is 6.09. The Morgan fingerprint density at radius 3 is 2.18 bits per heavy atom. The zero-order valence-electron chi connectivity index (χ0n) is 10.2. The summed E-state index contributed by atoms with van der Waals surface area (Å²) < 4.78 is 5.36. The molecule has 98 valence electrons. The molecule has 0 aromatic heterocycles. The molecular formula is C12H17Cl3NO-. The first kappa shape index (κ1) is 16.9. The SMILES string of the molecule is CCOc1c(Cl)cc(CNC(C)C)cc1Cl.[Cl-]. The smallest absolute Gasteiger partial charge is 0.156 e. The van der Waals surface area contributed by atoms with Crippen LogP contribution in [0.3, 0.4) is 0 Å². The van der Waals surface area contributed by atoms with E-state index >= 15 is 0 Å². The fourth-order valence-corrected chi connectivity index (χ4v) is 1.96. The highest BCUT2D eigenvalue weighted by Crippen LogP contribution is 2.34. The van der Waals surface area contributed by atoms with Gasteiger partial charge in [-0.3, -0.25) is 0 Å². The first-order chi connectivity index (χ1) is 7.54. The second-order valence-electron chi connectivity index (χ2n) is 3.86. The van der Waals surface area contributed by atoms with Crippen LogP contribution in [0.25, 0.3) is 0 Å². The Bertz CT molecular complexity index is 333. The quantitative estimate of drug-likeness (QED) is 0.872. The van der Waals surface area contributed by atoms with Crippen molar-refractivity contribution in [1.29, 1.82) is 0 Å². The summed E-state index contributed by atoms with van der Waals surface area (Å²) in [5.74, 6) is 0.569. The van der Waals surface area contributed by atoms with Crippen molar-refractivity contribution in [2.24, 2.45) is 0 Å². The number of hydrogen-bond acceptors (Lipinski definition) is 2. The summed E-state index contributed by atoms with van der Waals surface area (Å²) in [5.41, 5.74) is 1.06. The van der Waals surface area contributed by atoms with Gasteiger partial charge in [0.15, 0.2) is 5.75 Å². The van der Waals surface area contributed by atoms with Crippen molar-refractivity contribution in [2.75, 3.05) is 6.61 Å². The molecule has 0 spiro atoms. The molecule has 1 aromatic rings. The van der Waals surface area contributed by atoms with Gasteiger partial charge in [-0.1, -0.05) is 37.0 Å². The van der Waals surface area contributed by atoms with Crippen molar-refractivity contribution >= 4 is 23.2 Å². The van der Waals surface area contributed by atoms with Gasteiger partial charge in [0.2, 0.25) is 0 Å². The van der Waals surface area contributed by atoms with E-state index in [1.54, 1.807) is 0 Å². The summed E-state index contributed by atoms with van der Waals surface area (Å²) in [4.78, 5) is 0. The van der Waals surface area contributed by atoms with E-state index in [-0.39, 0.29) is 12.4 Å². The lowest BCUT2D eigenvalue weighted by Crippen LogP contribution is -3.00. The maximum atomic E-state index is 6.09. The molecule has 17 heavy (non-hydrogen) atoms. The minimum Gasteiger partial charge on any atom is -1.00 e. The van der Waals surface area contributed by atoms with Crippen LogP contribution < -0.4 is 22.5 Å². The van der Waals surface area contributed by atoms with Crippen molar-refractivity contribution in [3.63, 3.8) is 0 Å². The topological polar surface area (TPSA) is 21.3 Å². The van der Waals surface area contributed by atoms with Crippen LogP contribution in [-0.4, -0.2) is 12.6 Å². The van der Waals surface area contributed by atoms with E-state index in [0.717, 1.165) is 12.1 Å². The number of rotatable bonds is 5. The van der Waals surface area contributed by atoms with E-state index in [9.17, 15) is 0 Å². The van der Waals surface area contributed by atoms with E-state index in [2.05, 4.69) is 19.2 Å². The van der Waals surface area contributed by atoms with Gasteiger partial charge < -0.3 is 22.5 Å².